The molecule has 0 saturated heterocycles. The van der Waals surface area contributed by atoms with Crippen molar-refractivity contribution in [2.24, 2.45) is 0 Å². The second kappa shape index (κ2) is 9.00. The lowest BCUT2D eigenvalue weighted by Crippen LogP contribution is -2.28. The van der Waals surface area contributed by atoms with Crippen molar-refractivity contribution in [3.8, 4) is 11.8 Å². The Morgan fingerprint density at radius 1 is 1.24 bits per heavy atom. The quantitative estimate of drug-likeness (QED) is 0.750. The van der Waals surface area contributed by atoms with Crippen LogP contribution in [-0.4, -0.2) is 12.5 Å². The molecule has 0 aromatic heterocycles. The lowest BCUT2D eigenvalue weighted by molar-refractivity contribution is -0.121. The van der Waals surface area contributed by atoms with Gasteiger partial charge in [-0.05, 0) is 36.8 Å². The lowest BCUT2D eigenvalue weighted by atomic mass is 10.1. The van der Waals surface area contributed by atoms with Crippen LogP contribution in [0.15, 0.2) is 42.5 Å². The van der Waals surface area contributed by atoms with E-state index >= 15 is 0 Å². The molecule has 0 aliphatic heterocycles. The number of hydrogen-bond donors (Lipinski definition) is 1. The van der Waals surface area contributed by atoms with Crippen molar-refractivity contribution in [1.29, 1.82) is 5.26 Å². The minimum absolute atomic E-state index is 0.0744. The third-order valence-corrected chi connectivity index (χ3v) is 3.59. The molecule has 2 aromatic rings. The number of nitrogens with zero attached hydrogens (tertiary/aromatic N) is 1. The van der Waals surface area contributed by atoms with Gasteiger partial charge in [-0.25, -0.2) is 8.78 Å². The highest BCUT2D eigenvalue weighted by Gasteiger charge is 2.18. The Bertz CT molecular complexity index is 776. The van der Waals surface area contributed by atoms with Crippen LogP contribution in [0.4, 0.5) is 8.78 Å². The van der Waals surface area contributed by atoms with Crippen LogP contribution in [0.1, 0.15) is 24.4 Å². The van der Waals surface area contributed by atoms with Gasteiger partial charge in [0.2, 0.25) is 5.91 Å². The molecule has 0 saturated carbocycles. The van der Waals surface area contributed by atoms with Crippen LogP contribution < -0.4 is 10.1 Å². The van der Waals surface area contributed by atoms with Gasteiger partial charge in [0.15, 0.2) is 0 Å². The van der Waals surface area contributed by atoms with Crippen molar-refractivity contribution in [1.82, 2.24) is 5.32 Å². The predicted molar refractivity (Wildman–Crippen MR) is 89.0 cm³/mol. The Balaban J connectivity index is 1.80. The Kier molecular flexibility index (Phi) is 6.72. The Labute approximate surface area is 149 Å². The summed E-state index contributed by atoms with van der Waals surface area (Å²) in [6, 6.07) is 10.3. The highest BCUT2D eigenvalue weighted by molar-refractivity contribution is 6.30. The summed E-state index contributed by atoms with van der Waals surface area (Å²) in [5, 5.41) is 12.1. The van der Waals surface area contributed by atoms with Crippen LogP contribution in [0.3, 0.4) is 0 Å². The minimum Gasteiger partial charge on any atom is -0.494 e. The van der Waals surface area contributed by atoms with Gasteiger partial charge >= 0.3 is 0 Å². The van der Waals surface area contributed by atoms with E-state index in [0.29, 0.717) is 29.9 Å². The van der Waals surface area contributed by atoms with Gasteiger partial charge in [-0.2, -0.15) is 5.26 Å². The number of halogens is 3. The molecule has 1 unspecified atom stereocenters. The smallest absolute Gasteiger partial charge is 0.221 e. The first kappa shape index (κ1) is 18.7. The number of amides is 1. The maximum Gasteiger partial charge on any atom is 0.221 e. The van der Waals surface area contributed by atoms with E-state index in [1.807, 2.05) is 0 Å². The normalized spacial score (nSPS) is 11.4. The number of hydrogen-bond acceptors (Lipinski definition) is 3. The largest absolute Gasteiger partial charge is 0.494 e. The molecule has 7 heteroatoms. The van der Waals surface area contributed by atoms with Gasteiger partial charge in [0, 0.05) is 23.1 Å². The highest BCUT2D eigenvalue weighted by atomic mass is 35.5. The molecule has 0 spiro atoms. The van der Waals surface area contributed by atoms with E-state index in [2.05, 4.69) is 5.32 Å². The van der Waals surface area contributed by atoms with Gasteiger partial charge in [-0.15, -0.1) is 0 Å². The molecule has 2 aromatic carbocycles. The molecule has 25 heavy (non-hydrogen) atoms. The summed E-state index contributed by atoms with van der Waals surface area (Å²) in [4.78, 5) is 11.9. The van der Waals surface area contributed by atoms with E-state index < -0.39 is 23.6 Å². The van der Waals surface area contributed by atoms with Crippen LogP contribution in [0, 0.1) is 23.0 Å². The Morgan fingerprint density at radius 2 is 1.96 bits per heavy atom. The summed E-state index contributed by atoms with van der Waals surface area (Å²) in [5.41, 5.74) is -0.0744. The zero-order valence-electron chi connectivity index (χ0n) is 13.1. The fourth-order valence-electron chi connectivity index (χ4n) is 2.10. The van der Waals surface area contributed by atoms with Crippen LogP contribution >= 0.6 is 11.6 Å². The van der Waals surface area contributed by atoms with Crippen LogP contribution in [-0.2, 0) is 4.79 Å². The van der Waals surface area contributed by atoms with Gasteiger partial charge in [0.25, 0.3) is 0 Å². The molecule has 1 atom stereocenters. The third-order valence-electron chi connectivity index (χ3n) is 3.34. The summed E-state index contributed by atoms with van der Waals surface area (Å²) in [6.07, 6.45) is 0.521. The number of ether oxygens (including phenoxy) is 1. The molecular formula is C18H15ClF2N2O2. The van der Waals surface area contributed by atoms with Gasteiger partial charge in [0.05, 0.1) is 12.7 Å². The zero-order chi connectivity index (χ0) is 18.2. The van der Waals surface area contributed by atoms with E-state index in [1.54, 1.807) is 30.3 Å². The van der Waals surface area contributed by atoms with Gasteiger partial charge in [0.1, 0.15) is 23.4 Å². The van der Waals surface area contributed by atoms with E-state index in [1.165, 1.54) is 0 Å². The molecule has 0 bridgehead atoms. The molecule has 0 radical (unpaired) electrons. The Hall–Kier alpha value is -2.65. The molecule has 130 valence electrons. The first-order chi connectivity index (χ1) is 12.0. The summed E-state index contributed by atoms with van der Waals surface area (Å²) in [7, 11) is 0. The van der Waals surface area contributed by atoms with Gasteiger partial charge < -0.3 is 10.1 Å². The van der Waals surface area contributed by atoms with Crippen LogP contribution in [0.2, 0.25) is 5.02 Å². The molecular weight excluding hydrogens is 350 g/mol. The van der Waals surface area contributed by atoms with E-state index in [-0.39, 0.29) is 12.0 Å². The molecule has 0 aliphatic rings. The summed E-state index contributed by atoms with van der Waals surface area (Å²) in [5.74, 6) is -1.41. The van der Waals surface area contributed by atoms with Gasteiger partial charge in [-0.1, -0.05) is 17.7 Å². The average Bonchev–Trinajstić information content (AvgIpc) is 2.58. The maximum atomic E-state index is 13.7. The maximum absolute atomic E-state index is 13.7. The number of carbonyl (C=O) groups is 1. The van der Waals surface area contributed by atoms with Crippen molar-refractivity contribution < 1.29 is 18.3 Å². The minimum atomic E-state index is -1.18. The van der Waals surface area contributed by atoms with Crippen molar-refractivity contribution >= 4 is 17.5 Å². The first-order valence-electron chi connectivity index (χ1n) is 7.52. The number of carbonyl (C=O) groups excluding carboxylic acids is 1. The number of nitrogens with one attached hydrogen (secondary N) is 1. The monoisotopic (exact) mass is 364 g/mol. The fraction of sp³-hybridized carbons (Fsp3) is 0.222. The van der Waals surface area contributed by atoms with Crippen LogP contribution in [0.25, 0.3) is 0 Å². The first-order valence-corrected chi connectivity index (χ1v) is 7.89. The summed E-state index contributed by atoms with van der Waals surface area (Å²) < 4.78 is 32.1. The van der Waals surface area contributed by atoms with Crippen LogP contribution in [0.5, 0.6) is 5.75 Å². The number of rotatable bonds is 7. The highest BCUT2D eigenvalue weighted by Crippen LogP contribution is 2.18. The molecule has 1 amide bonds. The second-order valence-electron chi connectivity index (χ2n) is 5.20. The SMILES string of the molecule is N#CC(NC(=O)CCCOc1ccc(Cl)cc1)c1ccc(F)cc1F. The number of benzene rings is 2. The molecule has 0 aliphatic carbocycles. The fourth-order valence-corrected chi connectivity index (χ4v) is 2.23. The third kappa shape index (κ3) is 5.73. The summed E-state index contributed by atoms with van der Waals surface area (Å²) >= 11 is 5.76. The molecule has 2 rings (SSSR count). The molecule has 0 fully saturated rings. The molecule has 0 heterocycles. The van der Waals surface area contributed by atoms with Crippen molar-refractivity contribution in [3.63, 3.8) is 0 Å². The molecule has 4 nitrogen and oxygen atoms in total. The van der Waals surface area contributed by atoms with Crippen molar-refractivity contribution in [2.45, 2.75) is 18.9 Å². The van der Waals surface area contributed by atoms with Crippen molar-refractivity contribution in [3.05, 3.63) is 64.7 Å². The molecule has 1 N–H and O–H groups in total. The second-order valence-corrected chi connectivity index (χ2v) is 5.64. The standard InChI is InChI=1S/C18H15ClF2N2O2/c19-12-3-6-14(7-4-12)25-9-1-2-18(24)23-17(11-22)15-8-5-13(20)10-16(15)21/h3-8,10,17H,1-2,9H2,(H,23,24). The average molecular weight is 365 g/mol. The lowest BCUT2D eigenvalue weighted by Gasteiger charge is -2.13. The van der Waals surface area contributed by atoms with Gasteiger partial charge in [-0.3, -0.25) is 4.79 Å². The Morgan fingerprint density at radius 3 is 2.60 bits per heavy atom. The van der Waals surface area contributed by atoms with E-state index in [0.717, 1.165) is 12.1 Å². The van der Waals surface area contributed by atoms with E-state index in [4.69, 9.17) is 21.6 Å². The van der Waals surface area contributed by atoms with E-state index in [9.17, 15) is 13.6 Å². The zero-order valence-corrected chi connectivity index (χ0v) is 13.9. The summed E-state index contributed by atoms with van der Waals surface area (Å²) in [6.45, 7) is 0.303. The topological polar surface area (TPSA) is 62.1 Å². The van der Waals surface area contributed by atoms with Crippen molar-refractivity contribution in [2.75, 3.05) is 6.61 Å². The number of nitriles is 1. The predicted octanol–water partition coefficient (Wildman–Crippen LogP) is 4.16.